The minimum atomic E-state index is 1.15. The standard InChI is InChI=1S/C13H20.C7H14.C4H8.2C2H6/c1-7-9-13(11(5)8-2)12(6)10(3)4;1-4-6-7(3)5-2;1-3-4-2;2*1-2/h7-9H,2H2,1,3-6H3;3-6H2,1-2H3;3-4H,1-2H3;2*1-2H3/b9-7-,13-11+;;4-3-;;. The summed E-state index contributed by atoms with van der Waals surface area (Å²) in [5.41, 5.74) is 6.60. The van der Waals surface area contributed by atoms with Crippen molar-refractivity contribution in [3.8, 4) is 0 Å². The van der Waals surface area contributed by atoms with Crippen LogP contribution in [0.3, 0.4) is 0 Å². The average Bonchev–Trinajstić information content (AvgIpc) is 2.74. The van der Waals surface area contributed by atoms with Crippen LogP contribution in [0.5, 0.6) is 0 Å². The first kappa shape index (κ1) is 37.2. The van der Waals surface area contributed by atoms with E-state index in [4.69, 9.17) is 0 Å². The maximum Gasteiger partial charge on any atom is -0.0202 e. The molecule has 0 atom stereocenters. The molecule has 0 saturated carbocycles. The summed E-state index contributed by atoms with van der Waals surface area (Å²) in [5, 5.41) is 0. The van der Waals surface area contributed by atoms with Gasteiger partial charge in [-0.05, 0) is 78.0 Å². The van der Waals surface area contributed by atoms with Crippen LogP contribution in [0.4, 0.5) is 0 Å². The Labute approximate surface area is 180 Å². The van der Waals surface area contributed by atoms with Crippen molar-refractivity contribution in [1.82, 2.24) is 0 Å². The molecule has 0 aromatic carbocycles. The molecule has 0 heteroatoms. The quantitative estimate of drug-likeness (QED) is 0.312. The monoisotopic (exact) mass is 390 g/mol. The van der Waals surface area contributed by atoms with Gasteiger partial charge in [0.1, 0.15) is 0 Å². The summed E-state index contributed by atoms with van der Waals surface area (Å²) in [6, 6.07) is 0. The molecule has 0 unspecified atom stereocenters. The zero-order chi connectivity index (χ0) is 23.5. The molecule has 0 aromatic rings. The first-order valence-corrected chi connectivity index (χ1v) is 11.1. The van der Waals surface area contributed by atoms with Crippen molar-refractivity contribution in [2.24, 2.45) is 0 Å². The highest BCUT2D eigenvalue weighted by molar-refractivity contribution is 5.46. The molecule has 0 saturated heterocycles. The summed E-state index contributed by atoms with van der Waals surface area (Å²) in [7, 11) is 0. The third kappa shape index (κ3) is 29.2. The van der Waals surface area contributed by atoms with Gasteiger partial charge in [0.15, 0.2) is 0 Å². The molecule has 0 nitrogen and oxygen atoms in total. The normalized spacial score (nSPS) is 9.89. The van der Waals surface area contributed by atoms with Gasteiger partial charge in [-0.3, -0.25) is 0 Å². The van der Waals surface area contributed by atoms with Crippen molar-refractivity contribution < 1.29 is 0 Å². The predicted octanol–water partition coefficient (Wildman–Crippen LogP) is 10.8. The Morgan fingerprint density at radius 2 is 1.21 bits per heavy atom. The first-order valence-electron chi connectivity index (χ1n) is 11.1. The van der Waals surface area contributed by atoms with Crippen LogP contribution in [0.25, 0.3) is 0 Å². The Balaban J connectivity index is -0.0000000987. The van der Waals surface area contributed by atoms with Crippen LogP contribution in [0, 0.1) is 0 Å². The lowest BCUT2D eigenvalue weighted by Gasteiger charge is -2.08. The van der Waals surface area contributed by atoms with Gasteiger partial charge < -0.3 is 0 Å². The fraction of sp³-hybridized carbons (Fsp3) is 0.571. The fourth-order valence-electron chi connectivity index (χ4n) is 1.63. The largest absolute Gasteiger partial charge is 0.0999 e. The van der Waals surface area contributed by atoms with E-state index in [-0.39, 0.29) is 0 Å². The Kier molecular flexibility index (Phi) is 43.9. The molecule has 0 spiro atoms. The van der Waals surface area contributed by atoms with E-state index in [2.05, 4.69) is 66.9 Å². The smallest absolute Gasteiger partial charge is 0.0202 e. The molecule has 0 aromatic heterocycles. The highest BCUT2D eigenvalue weighted by atomic mass is 14.1. The minimum Gasteiger partial charge on any atom is -0.0999 e. The number of hydrogen-bond acceptors (Lipinski definition) is 0. The summed E-state index contributed by atoms with van der Waals surface area (Å²) in [6.07, 6.45) is 13.7. The van der Waals surface area contributed by atoms with E-state index in [1.165, 1.54) is 40.7 Å². The Bertz CT molecular complexity index is 442. The van der Waals surface area contributed by atoms with E-state index in [1.54, 1.807) is 0 Å². The van der Waals surface area contributed by atoms with Crippen molar-refractivity contribution in [2.75, 3.05) is 0 Å². The van der Waals surface area contributed by atoms with E-state index in [0.717, 1.165) is 6.42 Å². The van der Waals surface area contributed by atoms with Gasteiger partial charge in [0.2, 0.25) is 0 Å². The number of hydrogen-bond donors (Lipinski definition) is 0. The molecule has 0 aliphatic heterocycles. The lowest BCUT2D eigenvalue weighted by molar-refractivity contribution is 0.863. The van der Waals surface area contributed by atoms with E-state index in [0.29, 0.717) is 0 Å². The van der Waals surface area contributed by atoms with Crippen LogP contribution in [0.15, 0.2) is 71.4 Å². The Hall–Kier alpha value is -1.56. The summed E-state index contributed by atoms with van der Waals surface area (Å²) < 4.78 is 0. The number of rotatable bonds is 6. The van der Waals surface area contributed by atoms with E-state index in [1.807, 2.05) is 66.7 Å². The third-order valence-corrected chi connectivity index (χ3v) is 3.66. The third-order valence-electron chi connectivity index (χ3n) is 3.66. The van der Waals surface area contributed by atoms with Crippen LogP contribution in [0.1, 0.15) is 109 Å². The van der Waals surface area contributed by atoms with Gasteiger partial charge in [-0.25, -0.2) is 0 Å². The average molecular weight is 391 g/mol. The summed E-state index contributed by atoms with van der Waals surface area (Å²) in [5.74, 6) is 0. The van der Waals surface area contributed by atoms with Crippen molar-refractivity contribution in [3.05, 3.63) is 71.4 Å². The molecule has 28 heavy (non-hydrogen) atoms. The van der Waals surface area contributed by atoms with Gasteiger partial charge >= 0.3 is 0 Å². The van der Waals surface area contributed by atoms with Gasteiger partial charge in [0, 0.05) is 0 Å². The molecule has 0 aliphatic carbocycles. The predicted molar refractivity (Wildman–Crippen MR) is 139 cm³/mol. The second kappa shape index (κ2) is 33.1. The first-order chi connectivity index (χ1) is 13.3. The molecule has 0 heterocycles. The molecule has 0 N–H and O–H groups in total. The molecule has 0 rings (SSSR count). The Morgan fingerprint density at radius 3 is 1.39 bits per heavy atom. The lowest BCUT2D eigenvalue weighted by atomic mass is 9.98. The van der Waals surface area contributed by atoms with Crippen LogP contribution < -0.4 is 0 Å². The van der Waals surface area contributed by atoms with Crippen molar-refractivity contribution >= 4 is 0 Å². The second-order valence-electron chi connectivity index (χ2n) is 5.95. The molecule has 0 radical (unpaired) electrons. The molecule has 0 aliphatic rings. The van der Waals surface area contributed by atoms with Gasteiger partial charge in [-0.1, -0.05) is 103 Å². The minimum absolute atomic E-state index is 1.15. The molecule has 0 fully saturated rings. The van der Waals surface area contributed by atoms with Crippen molar-refractivity contribution in [2.45, 2.75) is 109 Å². The van der Waals surface area contributed by atoms with Crippen LogP contribution in [-0.4, -0.2) is 0 Å². The molecular formula is C28H54. The van der Waals surface area contributed by atoms with E-state index >= 15 is 0 Å². The van der Waals surface area contributed by atoms with Crippen LogP contribution in [0.2, 0.25) is 0 Å². The van der Waals surface area contributed by atoms with E-state index in [9.17, 15) is 0 Å². The van der Waals surface area contributed by atoms with Gasteiger partial charge in [-0.15, -0.1) is 0 Å². The highest BCUT2D eigenvalue weighted by Gasteiger charge is 2.00. The highest BCUT2D eigenvalue weighted by Crippen LogP contribution is 2.19. The SMILES string of the molecule is C/C=C\C.C=C(CC)CCC.C=C/C(C)=C(\C=C/C)C(C)=C(C)C.CC.CC. The lowest BCUT2D eigenvalue weighted by Crippen LogP contribution is -1.88. The van der Waals surface area contributed by atoms with Crippen molar-refractivity contribution in [3.63, 3.8) is 0 Å². The summed E-state index contributed by atoms with van der Waals surface area (Å²) >= 11 is 0. The van der Waals surface area contributed by atoms with Gasteiger partial charge in [-0.2, -0.15) is 0 Å². The Morgan fingerprint density at radius 1 is 0.786 bits per heavy atom. The molecule has 166 valence electrons. The maximum atomic E-state index is 3.86. The summed E-state index contributed by atoms with van der Waals surface area (Å²) in [4.78, 5) is 0. The van der Waals surface area contributed by atoms with Gasteiger partial charge in [0.05, 0.1) is 0 Å². The fourth-order valence-corrected chi connectivity index (χ4v) is 1.63. The molecule has 0 bridgehead atoms. The molecule has 0 amide bonds. The van der Waals surface area contributed by atoms with E-state index < -0.39 is 0 Å². The summed E-state index contributed by atoms with van der Waals surface area (Å²) in [6.45, 7) is 34.5. The van der Waals surface area contributed by atoms with Crippen molar-refractivity contribution in [1.29, 1.82) is 0 Å². The van der Waals surface area contributed by atoms with Gasteiger partial charge in [0.25, 0.3) is 0 Å². The van der Waals surface area contributed by atoms with Crippen LogP contribution in [-0.2, 0) is 0 Å². The maximum absolute atomic E-state index is 3.86. The molecular weight excluding hydrogens is 336 g/mol. The second-order valence-corrected chi connectivity index (χ2v) is 5.95. The topological polar surface area (TPSA) is 0 Å². The van der Waals surface area contributed by atoms with Crippen LogP contribution >= 0.6 is 0 Å². The zero-order valence-electron chi connectivity index (χ0n) is 21.9. The number of allylic oxidation sites excluding steroid dienone is 10. The zero-order valence-corrected chi connectivity index (χ0v) is 21.9.